The summed E-state index contributed by atoms with van der Waals surface area (Å²) >= 11 is 1.55. The van der Waals surface area contributed by atoms with Gasteiger partial charge in [0.05, 0.1) is 5.39 Å². The molecule has 0 atom stereocenters. The maximum atomic E-state index is 11.6. The van der Waals surface area contributed by atoms with Crippen LogP contribution in [0.25, 0.3) is 21.9 Å². The maximum Gasteiger partial charge on any atom is 0.159 e. The Balaban J connectivity index is 1.81. The van der Waals surface area contributed by atoms with E-state index < -0.39 is 0 Å². The molecule has 0 radical (unpaired) electrons. The summed E-state index contributed by atoms with van der Waals surface area (Å²) < 4.78 is 3.07. The Bertz CT molecular complexity index is 1120. The Labute approximate surface area is 154 Å². The van der Waals surface area contributed by atoms with Crippen molar-refractivity contribution >= 4 is 51.2 Å². The zero-order chi connectivity index (χ0) is 18.1. The van der Waals surface area contributed by atoms with Crippen LogP contribution in [0.1, 0.15) is 17.3 Å². The molecule has 2 heterocycles. The van der Waals surface area contributed by atoms with E-state index in [4.69, 9.17) is 0 Å². The van der Waals surface area contributed by atoms with E-state index in [1.54, 1.807) is 18.9 Å². The number of ketones is 1. The van der Waals surface area contributed by atoms with Crippen molar-refractivity contribution in [3.05, 3.63) is 54.4 Å². The highest BCUT2D eigenvalue weighted by Crippen LogP contribution is 2.31. The summed E-state index contributed by atoms with van der Waals surface area (Å²) in [6, 6.07) is 13.7. The van der Waals surface area contributed by atoms with E-state index in [1.807, 2.05) is 43.4 Å². The van der Waals surface area contributed by atoms with E-state index in [-0.39, 0.29) is 5.78 Å². The van der Waals surface area contributed by atoms with Gasteiger partial charge in [-0.25, -0.2) is 9.97 Å². The van der Waals surface area contributed by atoms with Crippen molar-refractivity contribution in [2.75, 3.05) is 12.4 Å². The fourth-order valence-electron chi connectivity index (χ4n) is 2.93. The minimum atomic E-state index is 0.0360. The molecule has 0 fully saturated rings. The van der Waals surface area contributed by atoms with Gasteiger partial charge in [0.15, 0.2) is 5.78 Å². The summed E-state index contributed by atoms with van der Waals surface area (Å²) in [6.45, 7) is 1.56. The average Bonchev–Trinajstić information content (AvgIpc) is 3.01. The molecule has 0 aliphatic heterocycles. The lowest BCUT2D eigenvalue weighted by Gasteiger charge is -2.08. The molecule has 0 bridgehead atoms. The molecule has 0 aliphatic carbocycles. The van der Waals surface area contributed by atoms with E-state index in [2.05, 4.69) is 31.1 Å². The quantitative estimate of drug-likeness (QED) is 0.362. The van der Waals surface area contributed by atoms with E-state index in [1.165, 1.54) is 6.33 Å². The Morgan fingerprint density at radius 2 is 2.04 bits per heavy atom. The zero-order valence-electron chi connectivity index (χ0n) is 14.3. The van der Waals surface area contributed by atoms with Crippen LogP contribution in [0.2, 0.25) is 0 Å². The monoisotopic (exact) mass is 363 g/mol. The predicted octanol–water partition coefficient (Wildman–Crippen LogP) is 4.28. The van der Waals surface area contributed by atoms with Gasteiger partial charge in [-0.1, -0.05) is 18.2 Å². The second kappa shape index (κ2) is 6.78. The smallest absolute Gasteiger partial charge is 0.159 e. The number of Topliss-reactive ketones (excluding diaryl/α,β-unsaturated/α-hetero) is 1. The van der Waals surface area contributed by atoms with Crippen LogP contribution in [0, 0.1) is 0 Å². The molecule has 3 N–H and O–H groups in total. The van der Waals surface area contributed by atoms with Crippen molar-refractivity contribution in [3.8, 4) is 0 Å². The molecule has 0 saturated carbocycles. The molecule has 4 rings (SSSR count). The molecule has 0 spiro atoms. The number of carbonyl (C=O) groups excluding carboxylic acids is 1. The largest absolute Gasteiger partial charge is 0.340 e. The van der Waals surface area contributed by atoms with Crippen molar-refractivity contribution in [3.63, 3.8) is 0 Å². The van der Waals surface area contributed by atoms with Crippen LogP contribution in [0.5, 0.6) is 0 Å². The second-order valence-corrected chi connectivity index (χ2v) is 6.93. The van der Waals surface area contributed by atoms with Crippen LogP contribution in [0.3, 0.4) is 0 Å². The number of carbonyl (C=O) groups is 1. The highest BCUT2D eigenvalue weighted by atomic mass is 32.2. The number of anilines is 2. The lowest BCUT2D eigenvalue weighted by atomic mass is 10.1. The number of hydrogen-bond acceptors (Lipinski definition) is 6. The van der Waals surface area contributed by atoms with Crippen LogP contribution in [-0.2, 0) is 0 Å². The number of aromatic nitrogens is 3. The first-order valence-electron chi connectivity index (χ1n) is 8.14. The van der Waals surface area contributed by atoms with Crippen molar-refractivity contribution in [2.45, 2.75) is 11.8 Å². The van der Waals surface area contributed by atoms with E-state index >= 15 is 0 Å². The zero-order valence-corrected chi connectivity index (χ0v) is 15.1. The number of benzene rings is 2. The van der Waals surface area contributed by atoms with Gasteiger partial charge < -0.3 is 10.3 Å². The van der Waals surface area contributed by atoms with Crippen molar-refractivity contribution < 1.29 is 4.79 Å². The van der Waals surface area contributed by atoms with Gasteiger partial charge in [-0.3, -0.25) is 9.52 Å². The summed E-state index contributed by atoms with van der Waals surface area (Å²) in [5.41, 5.74) is 3.22. The number of fused-ring (bicyclic) bond motifs is 3. The van der Waals surface area contributed by atoms with Gasteiger partial charge in [0, 0.05) is 27.0 Å². The fraction of sp³-hybridized carbons (Fsp3) is 0.105. The number of hydrogen-bond donors (Lipinski definition) is 3. The molecule has 0 saturated heterocycles. The summed E-state index contributed by atoms with van der Waals surface area (Å²) in [6.07, 6.45) is 1.53. The average molecular weight is 363 g/mol. The van der Waals surface area contributed by atoms with E-state index in [0.29, 0.717) is 5.56 Å². The molecule has 4 aromatic rings. The fourth-order valence-corrected chi connectivity index (χ4v) is 3.50. The molecule has 6 nitrogen and oxygen atoms in total. The first kappa shape index (κ1) is 16.6. The predicted molar refractivity (Wildman–Crippen MR) is 106 cm³/mol. The van der Waals surface area contributed by atoms with Crippen molar-refractivity contribution in [1.29, 1.82) is 0 Å². The Hall–Kier alpha value is -2.90. The normalized spacial score (nSPS) is 11.2. The molecule has 2 aromatic heterocycles. The third-order valence-electron chi connectivity index (χ3n) is 4.11. The van der Waals surface area contributed by atoms with Crippen LogP contribution < -0.4 is 10.0 Å². The van der Waals surface area contributed by atoms with Gasteiger partial charge in [0.25, 0.3) is 0 Å². The van der Waals surface area contributed by atoms with E-state index in [0.717, 1.165) is 38.3 Å². The lowest BCUT2D eigenvalue weighted by molar-refractivity contribution is 0.101. The van der Waals surface area contributed by atoms with Crippen molar-refractivity contribution in [2.24, 2.45) is 0 Å². The summed E-state index contributed by atoms with van der Waals surface area (Å²) in [5, 5.41) is 5.27. The number of aromatic amines is 1. The molecule has 7 heteroatoms. The Morgan fingerprint density at radius 3 is 2.85 bits per heavy atom. The molecule has 0 aliphatic rings. The second-order valence-electron chi connectivity index (χ2n) is 5.85. The molecule has 0 amide bonds. The maximum absolute atomic E-state index is 11.6. The molecular weight excluding hydrogens is 346 g/mol. The molecule has 2 aromatic carbocycles. The van der Waals surface area contributed by atoms with Crippen molar-refractivity contribution in [1.82, 2.24) is 19.7 Å². The molecule has 26 heavy (non-hydrogen) atoms. The summed E-state index contributed by atoms with van der Waals surface area (Å²) in [5.74, 6) is 0.761. The van der Waals surface area contributed by atoms with Gasteiger partial charge in [0.1, 0.15) is 17.8 Å². The highest BCUT2D eigenvalue weighted by Gasteiger charge is 2.13. The SMILES string of the molecule is CNSc1cccc(Nc2ncnc3[nH]c4cc(C(C)=O)ccc4c23)c1. The topological polar surface area (TPSA) is 82.7 Å². The van der Waals surface area contributed by atoms with Crippen LogP contribution >= 0.6 is 11.9 Å². The molecular formula is C19H17N5OS. The first-order chi connectivity index (χ1) is 12.7. The van der Waals surface area contributed by atoms with E-state index in [9.17, 15) is 4.79 Å². The number of nitrogens with zero attached hydrogens (tertiary/aromatic N) is 2. The first-order valence-corrected chi connectivity index (χ1v) is 8.95. The van der Waals surface area contributed by atoms with Gasteiger partial charge in [-0.2, -0.15) is 0 Å². The molecule has 130 valence electrons. The minimum absolute atomic E-state index is 0.0360. The summed E-state index contributed by atoms with van der Waals surface area (Å²) in [4.78, 5) is 24.8. The summed E-state index contributed by atoms with van der Waals surface area (Å²) in [7, 11) is 1.89. The van der Waals surface area contributed by atoms with Gasteiger partial charge in [0.2, 0.25) is 0 Å². The Kier molecular flexibility index (Phi) is 4.32. The van der Waals surface area contributed by atoms with Crippen LogP contribution in [-0.4, -0.2) is 27.8 Å². The van der Waals surface area contributed by atoms with Gasteiger partial charge in [-0.15, -0.1) is 0 Å². The highest BCUT2D eigenvalue weighted by molar-refractivity contribution is 7.97. The number of rotatable bonds is 5. The third kappa shape index (κ3) is 3.02. The number of H-pyrrole nitrogens is 1. The lowest BCUT2D eigenvalue weighted by Crippen LogP contribution is -1.96. The van der Waals surface area contributed by atoms with Crippen LogP contribution in [0.15, 0.2) is 53.7 Å². The standard InChI is InChI=1S/C19H17N5OS/c1-11(25)12-6-7-15-16(8-12)24-19-17(15)18(21-10-22-19)23-13-4-3-5-14(9-13)26-20-2/h3-10,20H,1-2H3,(H2,21,22,23,24). The van der Waals surface area contributed by atoms with Gasteiger partial charge >= 0.3 is 0 Å². The third-order valence-corrected chi connectivity index (χ3v) is 4.81. The molecule has 0 unspecified atom stereocenters. The number of nitrogens with one attached hydrogen (secondary N) is 3. The van der Waals surface area contributed by atoms with Gasteiger partial charge in [-0.05, 0) is 50.2 Å². The van der Waals surface area contributed by atoms with Crippen LogP contribution in [0.4, 0.5) is 11.5 Å². The minimum Gasteiger partial charge on any atom is -0.340 e. The Morgan fingerprint density at radius 1 is 1.15 bits per heavy atom.